The van der Waals surface area contributed by atoms with Crippen LogP contribution >= 0.6 is 27.5 Å². The molecule has 0 saturated heterocycles. The van der Waals surface area contributed by atoms with Crippen LogP contribution in [0.15, 0.2) is 22.7 Å². The van der Waals surface area contributed by atoms with E-state index in [2.05, 4.69) is 35.1 Å². The molecule has 0 radical (unpaired) electrons. The summed E-state index contributed by atoms with van der Waals surface area (Å²) in [6, 6.07) is 5.86. The molecule has 0 aliphatic heterocycles. The van der Waals surface area contributed by atoms with Crippen molar-refractivity contribution in [2.24, 2.45) is 0 Å². The van der Waals surface area contributed by atoms with E-state index in [1.54, 1.807) is 0 Å². The maximum absolute atomic E-state index is 5.88. The number of hydrogen-bond acceptors (Lipinski definition) is 2. The molecule has 0 atom stereocenters. The molecule has 0 fully saturated rings. The summed E-state index contributed by atoms with van der Waals surface area (Å²) in [5.41, 5.74) is 1.22. The first-order valence-corrected chi connectivity index (χ1v) is 7.03. The Hall–Kier alpha value is -0.0900. The first-order chi connectivity index (χ1) is 8.09. The van der Waals surface area contributed by atoms with Crippen molar-refractivity contribution in [3.8, 4) is 0 Å². The molecule has 4 heteroatoms. The number of hydrogen-bond donors (Lipinski definition) is 1. The van der Waals surface area contributed by atoms with Crippen LogP contribution in [0.1, 0.15) is 25.8 Å². The predicted octanol–water partition coefficient (Wildman–Crippen LogP) is 4.01. The Bertz CT molecular complexity index is 344. The first-order valence-electron chi connectivity index (χ1n) is 5.86. The van der Waals surface area contributed by atoms with Crippen molar-refractivity contribution in [2.75, 3.05) is 13.2 Å². The lowest BCUT2D eigenvalue weighted by Crippen LogP contribution is -2.17. The quantitative estimate of drug-likeness (QED) is 0.767. The molecule has 96 valence electrons. The Morgan fingerprint density at radius 3 is 2.82 bits per heavy atom. The molecule has 1 N–H and O–H groups in total. The fourth-order valence-corrected chi connectivity index (χ4v) is 2.23. The van der Waals surface area contributed by atoms with Gasteiger partial charge >= 0.3 is 0 Å². The topological polar surface area (TPSA) is 21.3 Å². The molecule has 0 amide bonds. The van der Waals surface area contributed by atoms with Gasteiger partial charge in [-0.25, -0.2) is 0 Å². The van der Waals surface area contributed by atoms with E-state index >= 15 is 0 Å². The van der Waals surface area contributed by atoms with Crippen LogP contribution in [-0.4, -0.2) is 19.3 Å². The SMILES string of the molecule is CC(C)OCCCNCc1ccc(Cl)cc1Br. The molecule has 0 spiro atoms. The van der Waals surface area contributed by atoms with Crippen LogP contribution in [0.2, 0.25) is 5.02 Å². The van der Waals surface area contributed by atoms with E-state index in [1.165, 1.54) is 5.56 Å². The van der Waals surface area contributed by atoms with E-state index < -0.39 is 0 Å². The van der Waals surface area contributed by atoms with Gasteiger partial charge in [0.1, 0.15) is 0 Å². The van der Waals surface area contributed by atoms with Gasteiger partial charge in [-0.2, -0.15) is 0 Å². The van der Waals surface area contributed by atoms with E-state index in [9.17, 15) is 0 Å². The highest BCUT2D eigenvalue weighted by Gasteiger charge is 2.00. The minimum atomic E-state index is 0.320. The number of ether oxygens (including phenoxy) is 1. The highest BCUT2D eigenvalue weighted by atomic mass is 79.9. The second kappa shape index (κ2) is 8.09. The predicted molar refractivity (Wildman–Crippen MR) is 76.6 cm³/mol. The van der Waals surface area contributed by atoms with E-state index in [4.69, 9.17) is 16.3 Å². The summed E-state index contributed by atoms with van der Waals surface area (Å²) >= 11 is 9.38. The van der Waals surface area contributed by atoms with Gasteiger partial charge < -0.3 is 10.1 Å². The van der Waals surface area contributed by atoms with Gasteiger partial charge in [0.15, 0.2) is 0 Å². The lowest BCUT2D eigenvalue weighted by molar-refractivity contribution is 0.0770. The van der Waals surface area contributed by atoms with Crippen LogP contribution < -0.4 is 5.32 Å². The Kier molecular flexibility index (Phi) is 7.12. The highest BCUT2D eigenvalue weighted by Crippen LogP contribution is 2.21. The molecule has 0 bridgehead atoms. The number of halogens is 2. The number of nitrogens with one attached hydrogen (secondary N) is 1. The standard InChI is InChI=1S/C13H19BrClNO/c1-10(2)17-7-3-6-16-9-11-4-5-12(15)8-13(11)14/h4-5,8,10,16H,3,6-7,9H2,1-2H3. The molecule has 0 aliphatic carbocycles. The Morgan fingerprint density at radius 1 is 1.41 bits per heavy atom. The minimum absolute atomic E-state index is 0.320. The fourth-order valence-electron chi connectivity index (χ4n) is 1.40. The van der Waals surface area contributed by atoms with Crippen LogP contribution in [0.5, 0.6) is 0 Å². The zero-order valence-corrected chi connectivity index (χ0v) is 12.6. The van der Waals surface area contributed by atoms with Crippen molar-refractivity contribution in [2.45, 2.75) is 32.9 Å². The third-order valence-corrected chi connectivity index (χ3v) is 3.25. The summed E-state index contributed by atoms with van der Waals surface area (Å²) in [6.07, 6.45) is 1.35. The van der Waals surface area contributed by atoms with Crippen molar-refractivity contribution in [1.29, 1.82) is 0 Å². The van der Waals surface area contributed by atoms with Gasteiger partial charge in [-0.05, 0) is 44.5 Å². The summed E-state index contributed by atoms with van der Waals surface area (Å²) < 4.78 is 6.52. The molecular formula is C13H19BrClNO. The van der Waals surface area contributed by atoms with Crippen LogP contribution in [0.3, 0.4) is 0 Å². The van der Waals surface area contributed by atoms with E-state index in [0.29, 0.717) is 6.10 Å². The van der Waals surface area contributed by atoms with Gasteiger partial charge in [0, 0.05) is 22.6 Å². The van der Waals surface area contributed by atoms with E-state index in [1.807, 2.05) is 18.2 Å². The Morgan fingerprint density at radius 2 is 2.18 bits per heavy atom. The van der Waals surface area contributed by atoms with Crippen molar-refractivity contribution in [1.82, 2.24) is 5.32 Å². The fraction of sp³-hybridized carbons (Fsp3) is 0.538. The normalized spacial score (nSPS) is 11.1. The Balaban J connectivity index is 2.18. The summed E-state index contributed by atoms with van der Waals surface area (Å²) in [7, 11) is 0. The van der Waals surface area contributed by atoms with Crippen LogP contribution in [0, 0.1) is 0 Å². The summed E-state index contributed by atoms with van der Waals surface area (Å²) in [5.74, 6) is 0. The molecule has 2 nitrogen and oxygen atoms in total. The van der Waals surface area contributed by atoms with Crippen molar-refractivity contribution in [3.63, 3.8) is 0 Å². The van der Waals surface area contributed by atoms with Gasteiger partial charge in [-0.3, -0.25) is 0 Å². The van der Waals surface area contributed by atoms with Crippen LogP contribution in [-0.2, 0) is 11.3 Å². The molecule has 0 aromatic heterocycles. The second-order valence-electron chi connectivity index (χ2n) is 4.19. The maximum Gasteiger partial charge on any atom is 0.0518 e. The summed E-state index contributed by atoms with van der Waals surface area (Å²) in [5, 5.41) is 4.14. The number of rotatable bonds is 7. The maximum atomic E-state index is 5.88. The van der Waals surface area contributed by atoms with Gasteiger partial charge in [-0.1, -0.05) is 33.6 Å². The van der Waals surface area contributed by atoms with E-state index in [-0.39, 0.29) is 0 Å². The lowest BCUT2D eigenvalue weighted by Gasteiger charge is -2.09. The summed E-state index contributed by atoms with van der Waals surface area (Å²) in [4.78, 5) is 0. The lowest BCUT2D eigenvalue weighted by atomic mass is 10.2. The molecule has 1 rings (SSSR count). The zero-order valence-electron chi connectivity index (χ0n) is 10.3. The molecule has 0 heterocycles. The molecule has 1 aromatic rings. The molecule has 1 aromatic carbocycles. The minimum Gasteiger partial charge on any atom is -0.379 e. The van der Waals surface area contributed by atoms with Gasteiger partial charge in [0.2, 0.25) is 0 Å². The third kappa shape index (κ3) is 6.41. The van der Waals surface area contributed by atoms with E-state index in [0.717, 1.165) is 35.6 Å². The van der Waals surface area contributed by atoms with Gasteiger partial charge in [-0.15, -0.1) is 0 Å². The average Bonchev–Trinajstić information content (AvgIpc) is 2.25. The monoisotopic (exact) mass is 319 g/mol. The van der Waals surface area contributed by atoms with Crippen molar-refractivity contribution < 1.29 is 4.74 Å². The smallest absolute Gasteiger partial charge is 0.0518 e. The first kappa shape index (κ1) is 15.0. The van der Waals surface area contributed by atoms with Gasteiger partial charge in [0.05, 0.1) is 6.10 Å². The molecule has 0 saturated carbocycles. The molecule has 0 aliphatic rings. The molecule has 0 unspecified atom stereocenters. The summed E-state index contributed by atoms with van der Waals surface area (Å²) in [6.45, 7) is 6.73. The van der Waals surface area contributed by atoms with Crippen molar-refractivity contribution >= 4 is 27.5 Å². The van der Waals surface area contributed by atoms with Crippen LogP contribution in [0.25, 0.3) is 0 Å². The second-order valence-corrected chi connectivity index (χ2v) is 5.48. The number of benzene rings is 1. The average molecular weight is 321 g/mol. The van der Waals surface area contributed by atoms with Crippen molar-refractivity contribution in [3.05, 3.63) is 33.3 Å². The Labute approximate surface area is 117 Å². The largest absolute Gasteiger partial charge is 0.379 e. The van der Waals surface area contributed by atoms with Crippen LogP contribution in [0.4, 0.5) is 0 Å². The zero-order chi connectivity index (χ0) is 12.7. The van der Waals surface area contributed by atoms with Gasteiger partial charge in [0.25, 0.3) is 0 Å². The molecular weight excluding hydrogens is 302 g/mol. The highest BCUT2D eigenvalue weighted by molar-refractivity contribution is 9.10. The third-order valence-electron chi connectivity index (χ3n) is 2.28. The molecule has 17 heavy (non-hydrogen) atoms.